The predicted octanol–water partition coefficient (Wildman–Crippen LogP) is 1.53. The van der Waals surface area contributed by atoms with Crippen molar-refractivity contribution in [3.8, 4) is 0 Å². The van der Waals surface area contributed by atoms with E-state index in [1.54, 1.807) is 0 Å². The third-order valence-electron chi connectivity index (χ3n) is 2.25. The third kappa shape index (κ3) is 1.24. The Morgan fingerprint density at radius 1 is 1.50 bits per heavy atom. The molecule has 2 heteroatoms. The molecule has 1 heterocycles. The van der Waals surface area contributed by atoms with Crippen LogP contribution in [0.5, 0.6) is 0 Å². The SMILES string of the molecule is Cc1ccc2c(c1)COC[C@@H]2N. The van der Waals surface area contributed by atoms with E-state index in [4.69, 9.17) is 10.5 Å². The Bertz CT molecular complexity index is 296. The van der Waals surface area contributed by atoms with E-state index in [2.05, 4.69) is 25.1 Å². The van der Waals surface area contributed by atoms with Gasteiger partial charge in [0.05, 0.1) is 19.3 Å². The van der Waals surface area contributed by atoms with Gasteiger partial charge in [-0.15, -0.1) is 0 Å². The van der Waals surface area contributed by atoms with Crippen LogP contribution in [0.25, 0.3) is 0 Å². The van der Waals surface area contributed by atoms with Crippen LogP contribution >= 0.6 is 0 Å². The fourth-order valence-corrected chi connectivity index (χ4v) is 1.61. The number of hydrogen-bond acceptors (Lipinski definition) is 2. The molecule has 0 spiro atoms. The monoisotopic (exact) mass is 163 g/mol. The fraction of sp³-hybridized carbons (Fsp3) is 0.400. The molecule has 64 valence electrons. The minimum absolute atomic E-state index is 0.0642. The number of hydrogen-bond donors (Lipinski definition) is 1. The summed E-state index contributed by atoms with van der Waals surface area (Å²) in [5, 5.41) is 0. The lowest BCUT2D eigenvalue weighted by Crippen LogP contribution is -2.23. The van der Waals surface area contributed by atoms with E-state index >= 15 is 0 Å². The van der Waals surface area contributed by atoms with Gasteiger partial charge in [0, 0.05) is 0 Å². The molecular weight excluding hydrogens is 150 g/mol. The van der Waals surface area contributed by atoms with E-state index < -0.39 is 0 Å². The van der Waals surface area contributed by atoms with Gasteiger partial charge in [0.25, 0.3) is 0 Å². The van der Waals surface area contributed by atoms with Crippen LogP contribution in [-0.2, 0) is 11.3 Å². The first-order valence-electron chi connectivity index (χ1n) is 4.20. The average molecular weight is 163 g/mol. The lowest BCUT2D eigenvalue weighted by molar-refractivity contribution is 0.0923. The van der Waals surface area contributed by atoms with E-state index in [0.717, 1.165) is 0 Å². The first-order valence-corrected chi connectivity index (χ1v) is 4.20. The van der Waals surface area contributed by atoms with Crippen molar-refractivity contribution in [2.45, 2.75) is 19.6 Å². The summed E-state index contributed by atoms with van der Waals surface area (Å²) >= 11 is 0. The Labute approximate surface area is 72.3 Å². The van der Waals surface area contributed by atoms with Gasteiger partial charge >= 0.3 is 0 Å². The molecule has 1 aliphatic rings. The largest absolute Gasteiger partial charge is 0.375 e. The summed E-state index contributed by atoms with van der Waals surface area (Å²) in [5.74, 6) is 0. The van der Waals surface area contributed by atoms with Crippen LogP contribution in [0.3, 0.4) is 0 Å². The lowest BCUT2D eigenvalue weighted by Gasteiger charge is -2.22. The molecule has 12 heavy (non-hydrogen) atoms. The van der Waals surface area contributed by atoms with Gasteiger partial charge < -0.3 is 10.5 Å². The van der Waals surface area contributed by atoms with Gasteiger partial charge in [0.1, 0.15) is 0 Å². The summed E-state index contributed by atoms with van der Waals surface area (Å²) in [5.41, 5.74) is 9.63. The molecule has 0 aromatic heterocycles. The summed E-state index contributed by atoms with van der Waals surface area (Å²) in [4.78, 5) is 0. The van der Waals surface area contributed by atoms with Crippen LogP contribution in [0.1, 0.15) is 22.7 Å². The van der Waals surface area contributed by atoms with Crippen LogP contribution in [-0.4, -0.2) is 6.61 Å². The molecule has 2 N–H and O–H groups in total. The van der Waals surface area contributed by atoms with E-state index in [0.29, 0.717) is 13.2 Å². The molecule has 2 nitrogen and oxygen atoms in total. The van der Waals surface area contributed by atoms with Gasteiger partial charge in [-0.05, 0) is 18.1 Å². The van der Waals surface area contributed by atoms with Crippen molar-refractivity contribution in [2.24, 2.45) is 5.73 Å². The number of rotatable bonds is 0. The number of aryl methyl sites for hydroxylation is 1. The Kier molecular flexibility index (Phi) is 1.87. The van der Waals surface area contributed by atoms with Gasteiger partial charge in [0.2, 0.25) is 0 Å². The van der Waals surface area contributed by atoms with Crippen molar-refractivity contribution in [3.05, 3.63) is 34.9 Å². The van der Waals surface area contributed by atoms with Crippen LogP contribution in [0.2, 0.25) is 0 Å². The van der Waals surface area contributed by atoms with Crippen LogP contribution in [0, 0.1) is 6.92 Å². The Hall–Kier alpha value is -0.860. The van der Waals surface area contributed by atoms with Crippen LogP contribution < -0.4 is 5.73 Å². The minimum atomic E-state index is 0.0642. The first-order chi connectivity index (χ1) is 5.77. The zero-order valence-electron chi connectivity index (χ0n) is 7.21. The van der Waals surface area contributed by atoms with E-state index in [-0.39, 0.29) is 6.04 Å². The highest BCUT2D eigenvalue weighted by atomic mass is 16.5. The summed E-state index contributed by atoms with van der Waals surface area (Å²) in [6.07, 6.45) is 0. The van der Waals surface area contributed by atoms with Crippen molar-refractivity contribution >= 4 is 0 Å². The van der Waals surface area contributed by atoms with Gasteiger partial charge in [0.15, 0.2) is 0 Å². The van der Waals surface area contributed by atoms with Gasteiger partial charge in [-0.25, -0.2) is 0 Å². The molecule has 0 saturated heterocycles. The van der Waals surface area contributed by atoms with Crippen molar-refractivity contribution < 1.29 is 4.74 Å². The number of benzene rings is 1. The molecule has 0 aliphatic carbocycles. The molecule has 1 aromatic carbocycles. The van der Waals surface area contributed by atoms with Gasteiger partial charge in [-0.3, -0.25) is 0 Å². The highest BCUT2D eigenvalue weighted by Crippen LogP contribution is 2.23. The Morgan fingerprint density at radius 2 is 2.33 bits per heavy atom. The van der Waals surface area contributed by atoms with Crippen molar-refractivity contribution in [1.29, 1.82) is 0 Å². The van der Waals surface area contributed by atoms with Crippen molar-refractivity contribution in [2.75, 3.05) is 6.61 Å². The number of nitrogens with two attached hydrogens (primary N) is 1. The second-order valence-electron chi connectivity index (χ2n) is 3.32. The van der Waals surface area contributed by atoms with Crippen molar-refractivity contribution in [1.82, 2.24) is 0 Å². The molecule has 0 saturated carbocycles. The maximum Gasteiger partial charge on any atom is 0.0721 e. The maximum atomic E-state index is 5.87. The van der Waals surface area contributed by atoms with E-state index in [1.165, 1.54) is 16.7 Å². The van der Waals surface area contributed by atoms with E-state index in [9.17, 15) is 0 Å². The normalized spacial score (nSPS) is 22.0. The summed E-state index contributed by atoms with van der Waals surface area (Å²) < 4.78 is 5.34. The fourth-order valence-electron chi connectivity index (χ4n) is 1.61. The van der Waals surface area contributed by atoms with Crippen molar-refractivity contribution in [3.63, 3.8) is 0 Å². The lowest BCUT2D eigenvalue weighted by atomic mass is 9.98. The molecular formula is C10H13NO. The molecule has 1 aliphatic heterocycles. The molecule has 0 unspecified atom stereocenters. The first kappa shape index (κ1) is 7.77. The summed E-state index contributed by atoms with van der Waals surface area (Å²) in [7, 11) is 0. The minimum Gasteiger partial charge on any atom is -0.375 e. The molecule has 1 aromatic rings. The predicted molar refractivity (Wildman–Crippen MR) is 47.8 cm³/mol. The second-order valence-corrected chi connectivity index (χ2v) is 3.32. The highest BCUT2D eigenvalue weighted by Gasteiger charge is 2.16. The van der Waals surface area contributed by atoms with Crippen LogP contribution in [0.4, 0.5) is 0 Å². The molecule has 1 atom stereocenters. The standard InChI is InChI=1S/C10H13NO/c1-7-2-3-9-8(4-7)5-12-6-10(9)11/h2-4,10H,5-6,11H2,1H3/t10-/m0/s1. The quantitative estimate of drug-likeness (QED) is 0.629. The van der Waals surface area contributed by atoms with Crippen LogP contribution in [0.15, 0.2) is 18.2 Å². The van der Waals surface area contributed by atoms with Gasteiger partial charge in [-0.1, -0.05) is 23.8 Å². The third-order valence-corrected chi connectivity index (χ3v) is 2.25. The summed E-state index contributed by atoms with van der Waals surface area (Å²) in [6, 6.07) is 6.42. The molecule has 0 amide bonds. The zero-order chi connectivity index (χ0) is 8.55. The molecule has 0 radical (unpaired) electrons. The molecule has 2 rings (SSSR count). The second kappa shape index (κ2) is 2.88. The van der Waals surface area contributed by atoms with Gasteiger partial charge in [-0.2, -0.15) is 0 Å². The average Bonchev–Trinajstić information content (AvgIpc) is 2.04. The smallest absolute Gasteiger partial charge is 0.0721 e. The summed E-state index contributed by atoms with van der Waals surface area (Å²) in [6.45, 7) is 3.45. The number of fused-ring (bicyclic) bond motifs is 1. The molecule has 0 bridgehead atoms. The topological polar surface area (TPSA) is 35.2 Å². The Morgan fingerprint density at radius 3 is 3.17 bits per heavy atom. The maximum absolute atomic E-state index is 5.87. The van der Waals surface area contributed by atoms with E-state index in [1.807, 2.05) is 0 Å². The molecule has 0 fully saturated rings. The number of ether oxygens (including phenoxy) is 1. The highest BCUT2D eigenvalue weighted by molar-refractivity contribution is 5.34. The Balaban J connectivity index is 2.46. The zero-order valence-corrected chi connectivity index (χ0v) is 7.21.